The lowest BCUT2D eigenvalue weighted by atomic mass is 10.4. The molecule has 0 saturated heterocycles. The monoisotopic (exact) mass is 285 g/mol. The summed E-state index contributed by atoms with van der Waals surface area (Å²) in [7, 11) is 2.04. The summed E-state index contributed by atoms with van der Waals surface area (Å²) in [5, 5.41) is 0. The number of ether oxygens (including phenoxy) is 4. The van der Waals surface area contributed by atoms with Crippen molar-refractivity contribution in [2.45, 2.75) is 25.7 Å². The van der Waals surface area contributed by atoms with E-state index in [9.17, 15) is 0 Å². The van der Waals surface area contributed by atoms with Crippen molar-refractivity contribution in [2.75, 3.05) is 27.6 Å². The predicted molar refractivity (Wildman–Crippen MR) is 76.9 cm³/mol. The number of methoxy groups -OCH3 is 2. The summed E-state index contributed by atoms with van der Waals surface area (Å²) in [4.78, 5) is 4.04. The van der Waals surface area contributed by atoms with Gasteiger partial charge in [-0.2, -0.15) is 0 Å². The summed E-state index contributed by atoms with van der Waals surface area (Å²) in [5.41, 5.74) is 0. The van der Waals surface area contributed by atoms with Crippen LogP contribution in [0.2, 0.25) is 25.7 Å². The summed E-state index contributed by atoms with van der Waals surface area (Å²) < 4.78 is 21.3. The van der Waals surface area contributed by atoms with Crippen molar-refractivity contribution in [3.05, 3.63) is 12.3 Å². The van der Waals surface area contributed by atoms with Crippen molar-refractivity contribution < 1.29 is 18.9 Å². The molecule has 0 atom stereocenters. The molecule has 0 unspecified atom stereocenters. The smallest absolute Gasteiger partial charge is 0.260 e. The number of hydrogen-bond acceptors (Lipinski definition) is 5. The van der Waals surface area contributed by atoms with Crippen LogP contribution in [-0.4, -0.2) is 40.7 Å². The summed E-state index contributed by atoms with van der Waals surface area (Å²) in [6, 6.07) is 2.84. The summed E-state index contributed by atoms with van der Waals surface area (Å²) in [6.07, 6.45) is 1.61. The molecule has 108 valence electrons. The van der Waals surface area contributed by atoms with E-state index in [1.54, 1.807) is 26.5 Å². The normalized spacial score (nSPS) is 11.2. The minimum Gasteiger partial charge on any atom is -0.489 e. The Hall–Kier alpha value is -1.27. The molecule has 0 aliphatic carbocycles. The first-order valence-electron chi connectivity index (χ1n) is 6.25. The SMILES string of the molecule is COc1nccc(OCOCC[Si](C)(C)C)c1OC. The molecule has 0 saturated carbocycles. The van der Waals surface area contributed by atoms with E-state index in [0.29, 0.717) is 17.4 Å². The van der Waals surface area contributed by atoms with Crippen molar-refractivity contribution in [2.24, 2.45) is 0 Å². The van der Waals surface area contributed by atoms with Crippen LogP contribution in [0.15, 0.2) is 12.3 Å². The van der Waals surface area contributed by atoms with E-state index in [-0.39, 0.29) is 6.79 Å². The zero-order chi connectivity index (χ0) is 14.3. The molecule has 1 aromatic rings. The molecule has 19 heavy (non-hydrogen) atoms. The van der Waals surface area contributed by atoms with E-state index in [1.807, 2.05) is 0 Å². The quantitative estimate of drug-likeness (QED) is 0.417. The molecule has 1 rings (SSSR count). The third-order valence-corrected chi connectivity index (χ3v) is 4.23. The van der Waals surface area contributed by atoms with Gasteiger partial charge >= 0.3 is 0 Å². The highest BCUT2D eigenvalue weighted by Gasteiger charge is 2.13. The third-order valence-electron chi connectivity index (χ3n) is 2.53. The van der Waals surface area contributed by atoms with Crippen LogP contribution in [0.5, 0.6) is 17.4 Å². The molecule has 0 aromatic carbocycles. The molecular weight excluding hydrogens is 262 g/mol. The van der Waals surface area contributed by atoms with Crippen molar-refractivity contribution in [1.82, 2.24) is 4.98 Å². The summed E-state index contributed by atoms with van der Waals surface area (Å²) in [6.45, 7) is 7.87. The first kappa shape index (κ1) is 15.8. The molecule has 0 radical (unpaired) electrons. The molecule has 0 amide bonds. The Morgan fingerprint density at radius 1 is 1.16 bits per heavy atom. The molecule has 0 fully saturated rings. The minimum absolute atomic E-state index is 0.202. The molecule has 1 aromatic heterocycles. The summed E-state index contributed by atoms with van der Waals surface area (Å²) >= 11 is 0. The molecule has 0 aliphatic rings. The van der Waals surface area contributed by atoms with Gasteiger partial charge in [-0.05, 0) is 6.04 Å². The first-order valence-corrected chi connectivity index (χ1v) is 9.96. The van der Waals surface area contributed by atoms with Gasteiger partial charge in [0.05, 0.1) is 14.2 Å². The van der Waals surface area contributed by atoms with Crippen LogP contribution in [-0.2, 0) is 4.74 Å². The Morgan fingerprint density at radius 2 is 1.89 bits per heavy atom. The third kappa shape index (κ3) is 5.48. The second-order valence-electron chi connectivity index (χ2n) is 5.33. The van der Waals surface area contributed by atoms with Gasteiger partial charge in [0.15, 0.2) is 12.5 Å². The molecule has 1 heterocycles. The van der Waals surface area contributed by atoms with Crippen LogP contribution in [0.25, 0.3) is 0 Å². The molecule has 6 heteroatoms. The Morgan fingerprint density at radius 3 is 2.47 bits per heavy atom. The highest BCUT2D eigenvalue weighted by atomic mass is 28.3. The van der Waals surface area contributed by atoms with Crippen molar-refractivity contribution in [3.8, 4) is 17.4 Å². The average molecular weight is 285 g/mol. The number of rotatable bonds is 8. The van der Waals surface area contributed by atoms with E-state index < -0.39 is 8.07 Å². The fraction of sp³-hybridized carbons (Fsp3) is 0.615. The fourth-order valence-electron chi connectivity index (χ4n) is 1.40. The summed E-state index contributed by atoms with van der Waals surface area (Å²) in [5.74, 6) is 1.46. The fourth-order valence-corrected chi connectivity index (χ4v) is 2.16. The second kappa shape index (κ2) is 7.35. The minimum atomic E-state index is -1.05. The average Bonchev–Trinajstić information content (AvgIpc) is 2.36. The topological polar surface area (TPSA) is 49.8 Å². The Balaban J connectivity index is 2.45. The van der Waals surface area contributed by atoms with E-state index in [4.69, 9.17) is 18.9 Å². The van der Waals surface area contributed by atoms with E-state index in [2.05, 4.69) is 24.6 Å². The van der Waals surface area contributed by atoms with Crippen LogP contribution < -0.4 is 14.2 Å². The van der Waals surface area contributed by atoms with Crippen LogP contribution in [0, 0.1) is 0 Å². The Bertz CT molecular complexity index is 393. The van der Waals surface area contributed by atoms with Crippen molar-refractivity contribution in [3.63, 3.8) is 0 Å². The molecule has 0 spiro atoms. The van der Waals surface area contributed by atoms with Crippen LogP contribution in [0.4, 0.5) is 0 Å². The molecular formula is C13H23NO4Si. The molecule has 0 N–H and O–H groups in total. The highest BCUT2D eigenvalue weighted by molar-refractivity contribution is 6.76. The maximum absolute atomic E-state index is 5.53. The van der Waals surface area contributed by atoms with Crippen LogP contribution in [0.3, 0.4) is 0 Å². The van der Waals surface area contributed by atoms with Gasteiger partial charge in [-0.3, -0.25) is 0 Å². The zero-order valence-electron chi connectivity index (χ0n) is 12.4. The van der Waals surface area contributed by atoms with E-state index >= 15 is 0 Å². The van der Waals surface area contributed by atoms with Gasteiger partial charge in [0, 0.05) is 26.9 Å². The standard InChI is InChI=1S/C13H23NO4Si/c1-15-12-11(6-7-14-13(12)16-2)18-10-17-8-9-19(3,4)5/h6-7H,8-10H2,1-5H3. The van der Waals surface area contributed by atoms with Gasteiger partial charge < -0.3 is 18.9 Å². The van der Waals surface area contributed by atoms with Crippen molar-refractivity contribution >= 4 is 8.07 Å². The van der Waals surface area contributed by atoms with Crippen molar-refractivity contribution in [1.29, 1.82) is 0 Å². The van der Waals surface area contributed by atoms with Gasteiger partial charge in [-0.1, -0.05) is 19.6 Å². The lowest BCUT2D eigenvalue weighted by Crippen LogP contribution is -2.22. The van der Waals surface area contributed by atoms with Gasteiger partial charge in [-0.15, -0.1) is 0 Å². The van der Waals surface area contributed by atoms with E-state index in [0.717, 1.165) is 12.7 Å². The number of aromatic nitrogens is 1. The molecule has 5 nitrogen and oxygen atoms in total. The largest absolute Gasteiger partial charge is 0.489 e. The zero-order valence-corrected chi connectivity index (χ0v) is 13.4. The van der Waals surface area contributed by atoms with Gasteiger partial charge in [0.2, 0.25) is 5.75 Å². The van der Waals surface area contributed by atoms with E-state index in [1.165, 1.54) is 0 Å². The second-order valence-corrected chi connectivity index (χ2v) is 11.0. The first-order chi connectivity index (χ1) is 8.98. The van der Waals surface area contributed by atoms with Crippen LogP contribution >= 0.6 is 0 Å². The highest BCUT2D eigenvalue weighted by Crippen LogP contribution is 2.34. The van der Waals surface area contributed by atoms with Crippen LogP contribution in [0.1, 0.15) is 0 Å². The maximum Gasteiger partial charge on any atom is 0.260 e. The lowest BCUT2D eigenvalue weighted by Gasteiger charge is -2.16. The predicted octanol–water partition coefficient (Wildman–Crippen LogP) is 2.79. The number of nitrogens with zero attached hydrogens (tertiary/aromatic N) is 1. The molecule has 0 aliphatic heterocycles. The molecule has 0 bridgehead atoms. The number of pyridine rings is 1. The lowest BCUT2D eigenvalue weighted by molar-refractivity contribution is 0.0202. The van der Waals surface area contributed by atoms with Gasteiger partial charge in [-0.25, -0.2) is 4.98 Å². The Kier molecular flexibility index (Phi) is 6.10. The maximum atomic E-state index is 5.53. The van der Waals surface area contributed by atoms with Gasteiger partial charge in [0.1, 0.15) is 0 Å². The Labute approximate surface area is 115 Å². The van der Waals surface area contributed by atoms with Gasteiger partial charge in [0.25, 0.3) is 5.88 Å². The number of hydrogen-bond donors (Lipinski definition) is 0.